The first-order chi connectivity index (χ1) is 31.8. The number of hydrogen-bond donors (Lipinski definition) is 2. The van der Waals surface area contributed by atoms with Gasteiger partial charge in [-0.2, -0.15) is 0 Å². The summed E-state index contributed by atoms with van der Waals surface area (Å²) in [7, 11) is 0. The molecule has 6 heterocycles. The predicted octanol–water partition coefficient (Wildman–Crippen LogP) is 8.92. The average Bonchev–Trinajstić information content (AvgIpc) is 4.15. The number of thioether (sulfide) groups is 4. The molecule has 0 unspecified atom stereocenters. The van der Waals surface area contributed by atoms with Crippen LogP contribution in [-0.4, -0.2) is 63.9 Å². The number of benzene rings is 4. The van der Waals surface area contributed by atoms with Gasteiger partial charge in [0.15, 0.2) is 10.3 Å². The molecule has 2 aliphatic heterocycles. The number of amides is 2. The molecule has 0 saturated carbocycles. The number of aromatic nitrogens is 6. The minimum atomic E-state index is -0.332. The summed E-state index contributed by atoms with van der Waals surface area (Å²) in [6.07, 6.45) is 7.79. The number of aryl methyl sites for hydroxylation is 2. The molecule has 10 rings (SSSR count). The fourth-order valence-corrected chi connectivity index (χ4v) is 11.2. The lowest BCUT2D eigenvalue weighted by Crippen LogP contribution is -2.25. The zero-order valence-electron chi connectivity index (χ0n) is 34.3. The van der Waals surface area contributed by atoms with Crippen molar-refractivity contribution in [2.45, 2.75) is 32.9 Å². The highest BCUT2D eigenvalue weighted by Gasteiger charge is 2.25. The van der Waals surface area contributed by atoms with Crippen LogP contribution in [0.15, 0.2) is 168 Å². The Balaban J connectivity index is 0.823. The van der Waals surface area contributed by atoms with Crippen molar-refractivity contribution < 1.29 is 14.0 Å². The number of fused-ring (bicyclic) bond motifs is 2. The lowest BCUT2D eigenvalue weighted by molar-refractivity contribution is -0.114. The lowest BCUT2D eigenvalue weighted by Gasteiger charge is -2.15. The van der Waals surface area contributed by atoms with Crippen LogP contribution in [0, 0.1) is 0 Å². The van der Waals surface area contributed by atoms with E-state index in [1.54, 1.807) is 40.1 Å². The third kappa shape index (κ3) is 9.18. The Labute approximate surface area is 389 Å². The van der Waals surface area contributed by atoms with Gasteiger partial charge >= 0.3 is 0 Å². The quantitative estimate of drug-likeness (QED) is 0.0832. The molecule has 322 valence electrons. The van der Waals surface area contributed by atoms with Gasteiger partial charge in [0, 0.05) is 53.6 Å². The van der Waals surface area contributed by atoms with Gasteiger partial charge in [-0.3, -0.25) is 33.6 Å². The molecule has 13 nitrogen and oxygen atoms in total. The number of nitrogens with one attached hydrogen (secondary N) is 2. The van der Waals surface area contributed by atoms with Gasteiger partial charge in [0.1, 0.15) is 0 Å². The third-order valence-corrected chi connectivity index (χ3v) is 14.7. The molecule has 0 atom stereocenters. The Hall–Kier alpha value is -6.66. The van der Waals surface area contributed by atoms with E-state index in [0.29, 0.717) is 43.6 Å². The minimum Gasteiger partial charge on any atom is -0.472 e. The Bertz CT molecular complexity index is 3200. The van der Waals surface area contributed by atoms with E-state index in [9.17, 15) is 19.2 Å². The maximum Gasteiger partial charge on any atom is 0.272 e. The molecule has 0 fully saturated rings. The van der Waals surface area contributed by atoms with E-state index in [-0.39, 0.29) is 40.4 Å². The number of hydrogen-bond acceptors (Lipinski definition) is 13. The van der Waals surface area contributed by atoms with E-state index in [0.717, 1.165) is 62.7 Å². The van der Waals surface area contributed by atoms with Crippen molar-refractivity contribution in [2.75, 3.05) is 33.6 Å². The van der Waals surface area contributed by atoms with E-state index in [1.807, 2.05) is 103 Å². The van der Waals surface area contributed by atoms with E-state index in [1.165, 1.54) is 47.0 Å². The van der Waals surface area contributed by atoms with Crippen molar-refractivity contribution >= 4 is 70.5 Å². The molecule has 0 saturated heterocycles. The van der Waals surface area contributed by atoms with Gasteiger partial charge in [-0.05, 0) is 64.7 Å². The van der Waals surface area contributed by atoms with Crippen molar-refractivity contribution in [3.8, 4) is 44.8 Å². The minimum absolute atomic E-state index is 0.0136. The molecule has 0 bridgehead atoms. The Kier molecular flexibility index (Phi) is 12.2. The Morgan fingerprint density at radius 3 is 1.78 bits per heavy atom. The van der Waals surface area contributed by atoms with Gasteiger partial charge < -0.3 is 9.73 Å². The summed E-state index contributed by atoms with van der Waals surface area (Å²) in [5.41, 5.74) is 8.56. The summed E-state index contributed by atoms with van der Waals surface area (Å²) in [6, 6.07) is 34.7. The molecule has 65 heavy (non-hydrogen) atoms. The molecule has 2 N–H and O–H groups in total. The highest BCUT2D eigenvalue weighted by atomic mass is 32.2. The average molecular weight is 933 g/mol. The highest BCUT2D eigenvalue weighted by molar-refractivity contribution is 8.00. The maximum absolute atomic E-state index is 14.0. The van der Waals surface area contributed by atoms with Crippen LogP contribution in [0.5, 0.6) is 0 Å². The molecule has 0 aliphatic carbocycles. The first-order valence-corrected chi connectivity index (χ1v) is 24.4. The number of anilines is 2. The zero-order valence-corrected chi connectivity index (χ0v) is 37.6. The molecule has 4 aromatic carbocycles. The Morgan fingerprint density at radius 1 is 0.600 bits per heavy atom. The number of para-hydroxylation sites is 1. The van der Waals surface area contributed by atoms with Crippen molar-refractivity contribution in [3.63, 3.8) is 0 Å². The smallest absolute Gasteiger partial charge is 0.272 e. The molecule has 0 radical (unpaired) electrons. The summed E-state index contributed by atoms with van der Waals surface area (Å²) in [6.45, 7) is 0. The second-order valence-corrected chi connectivity index (χ2v) is 18.9. The fourth-order valence-electron chi connectivity index (χ4n) is 7.46. The monoisotopic (exact) mass is 932 g/mol. The molecular weight excluding hydrogens is 897 g/mol. The predicted molar refractivity (Wildman–Crippen MR) is 258 cm³/mol. The van der Waals surface area contributed by atoms with Crippen molar-refractivity contribution in [1.29, 1.82) is 0 Å². The van der Waals surface area contributed by atoms with E-state index in [4.69, 9.17) is 14.4 Å². The molecule has 17 heteroatoms. The van der Waals surface area contributed by atoms with E-state index in [2.05, 4.69) is 20.6 Å². The van der Waals surface area contributed by atoms with E-state index >= 15 is 0 Å². The van der Waals surface area contributed by atoms with Gasteiger partial charge in [-0.25, -0.2) is 19.9 Å². The van der Waals surface area contributed by atoms with Gasteiger partial charge in [-0.15, -0.1) is 23.5 Å². The fraction of sp³-hybridized carbons (Fsp3) is 0.125. The number of rotatable bonds is 13. The summed E-state index contributed by atoms with van der Waals surface area (Å²) in [5.74, 6) is 1.27. The molecular formula is C48H36N8O5S4. The van der Waals surface area contributed by atoms with Gasteiger partial charge in [0.05, 0.1) is 56.6 Å². The number of carbonyl (C=O) groups is 2. The summed E-state index contributed by atoms with van der Waals surface area (Å²) < 4.78 is 8.32. The van der Waals surface area contributed by atoms with Crippen LogP contribution in [-0.2, 0) is 22.4 Å². The largest absolute Gasteiger partial charge is 0.472 e. The zero-order chi connectivity index (χ0) is 44.3. The molecule has 2 amide bonds. The van der Waals surface area contributed by atoms with Crippen LogP contribution in [0.3, 0.4) is 0 Å². The standard InChI is InChI=1S/C48H36N8O5S4/c57-40(27-64-47-52-38-17-20-62-42(38)44(59)55(47)36-9-2-1-3-10-36)51-35-8-4-6-31(22-35)29-12-14-30(15-13-29)32-7-5-11-37(23-32)56-45(60)43-39(18-21-63-43)53-48(56)65-28-41(58)54-46-49-24-34(25-50-46)33-16-19-61-26-33/h1-16,19,22-26H,17-18,20-21,27-28H2,(H,51,57)(H,49,50,54,58). The van der Waals surface area contributed by atoms with Crippen LogP contribution in [0.1, 0.15) is 11.4 Å². The topological polar surface area (TPSA) is 167 Å². The van der Waals surface area contributed by atoms with Crippen molar-refractivity contribution in [3.05, 3.63) is 166 Å². The molecule has 0 spiro atoms. The molecule has 4 aromatic heterocycles. The maximum atomic E-state index is 14.0. The van der Waals surface area contributed by atoms with Crippen LogP contribution in [0.4, 0.5) is 11.6 Å². The van der Waals surface area contributed by atoms with Crippen LogP contribution in [0.25, 0.3) is 44.8 Å². The van der Waals surface area contributed by atoms with E-state index < -0.39 is 0 Å². The molecule has 8 aromatic rings. The van der Waals surface area contributed by atoms with Crippen LogP contribution < -0.4 is 21.8 Å². The number of carbonyl (C=O) groups excluding carboxylic acids is 2. The number of nitrogens with zero attached hydrogens (tertiary/aromatic N) is 6. The molecule has 2 aliphatic rings. The second-order valence-electron chi connectivity index (χ2n) is 14.8. The SMILES string of the molecule is O=C(CSc1nc2c(c(=O)n1-c1ccccc1)SCC2)Nc1cccc(-c2ccc(-c3cccc(-n4c(SCC(=O)Nc5ncc(-c6ccoc6)cn5)nc5c(c4=O)SCC5)c3)cc2)c1. The first-order valence-electron chi connectivity index (χ1n) is 20.5. The van der Waals surface area contributed by atoms with Gasteiger partial charge in [0.2, 0.25) is 17.8 Å². The summed E-state index contributed by atoms with van der Waals surface area (Å²) in [5, 5.41) is 6.67. The lowest BCUT2D eigenvalue weighted by atomic mass is 9.99. The third-order valence-electron chi connectivity index (χ3n) is 10.6. The normalized spacial score (nSPS) is 12.7. The summed E-state index contributed by atoms with van der Waals surface area (Å²) >= 11 is 5.46. The summed E-state index contributed by atoms with van der Waals surface area (Å²) in [4.78, 5) is 73.4. The van der Waals surface area contributed by atoms with Crippen LogP contribution in [0.2, 0.25) is 0 Å². The second kappa shape index (κ2) is 18.8. The number of furan rings is 1. The van der Waals surface area contributed by atoms with Crippen molar-refractivity contribution in [1.82, 2.24) is 29.1 Å². The van der Waals surface area contributed by atoms with Crippen molar-refractivity contribution in [2.24, 2.45) is 0 Å². The highest BCUT2D eigenvalue weighted by Crippen LogP contribution is 2.33. The van der Waals surface area contributed by atoms with Crippen LogP contribution >= 0.6 is 47.0 Å². The van der Waals surface area contributed by atoms with Gasteiger partial charge in [0.25, 0.3) is 11.1 Å². The first kappa shape index (κ1) is 42.3. The van der Waals surface area contributed by atoms with Gasteiger partial charge in [-0.1, -0.05) is 90.3 Å². The Morgan fingerprint density at radius 2 is 1.17 bits per heavy atom.